The molecule has 7 nitrogen and oxygen atoms in total. The maximum absolute atomic E-state index is 12.4. The number of hydrogen-bond acceptors (Lipinski definition) is 7. The summed E-state index contributed by atoms with van der Waals surface area (Å²) in [6.07, 6.45) is -1.12. The van der Waals surface area contributed by atoms with Crippen molar-refractivity contribution in [1.29, 1.82) is 0 Å². The fraction of sp³-hybridized carbons (Fsp3) is 0.600. The van der Waals surface area contributed by atoms with Crippen LogP contribution in [-0.2, 0) is 0 Å². The molecule has 0 saturated carbocycles. The number of aromatic nitrogens is 4. The van der Waals surface area contributed by atoms with E-state index >= 15 is 0 Å². The predicted molar refractivity (Wildman–Crippen MR) is 57.6 cm³/mol. The molecule has 1 fully saturated rings. The molecule has 0 amide bonds. The number of anilines is 1. The van der Waals surface area contributed by atoms with Crippen LogP contribution in [0, 0.1) is 6.92 Å². The van der Waals surface area contributed by atoms with Crippen LogP contribution in [-0.4, -0.2) is 26.9 Å². The maximum atomic E-state index is 12.4. The number of rotatable bonds is 3. The summed E-state index contributed by atoms with van der Waals surface area (Å²) >= 11 is 0. The highest BCUT2D eigenvalue weighted by atomic mass is 19.3. The number of aryl methyl sites for hydroxylation is 1. The predicted octanol–water partition coefficient (Wildman–Crippen LogP) is 2.04. The smallest absolute Gasteiger partial charge is 0.318 e. The van der Waals surface area contributed by atoms with Crippen LogP contribution >= 0.6 is 0 Å². The van der Waals surface area contributed by atoms with Crippen LogP contribution in [0.15, 0.2) is 8.94 Å². The number of halogens is 2. The largest absolute Gasteiger partial charge is 0.402 e. The first kappa shape index (κ1) is 12.0. The van der Waals surface area contributed by atoms with E-state index < -0.39 is 12.3 Å². The van der Waals surface area contributed by atoms with E-state index in [1.54, 1.807) is 11.8 Å². The van der Waals surface area contributed by atoms with Gasteiger partial charge in [0, 0.05) is 13.5 Å². The Morgan fingerprint density at radius 1 is 1.37 bits per heavy atom. The molecular weight excluding hydrogens is 260 g/mol. The van der Waals surface area contributed by atoms with E-state index in [1.807, 2.05) is 0 Å². The minimum Gasteiger partial charge on any atom is -0.402 e. The van der Waals surface area contributed by atoms with Gasteiger partial charge in [-0.15, -0.1) is 5.10 Å². The van der Waals surface area contributed by atoms with E-state index in [0.29, 0.717) is 18.3 Å². The third kappa shape index (κ3) is 2.15. The second-order valence-electron chi connectivity index (χ2n) is 4.25. The second kappa shape index (κ2) is 4.56. The van der Waals surface area contributed by atoms with Crippen LogP contribution in [0.2, 0.25) is 0 Å². The Labute approximate surface area is 106 Å². The SMILES string of the molecule is Cc1nc(C2CCCN2c2nnc(C(F)F)o2)no1. The minimum absolute atomic E-state index is 0.0697. The van der Waals surface area contributed by atoms with Crippen molar-refractivity contribution < 1.29 is 17.7 Å². The average Bonchev–Trinajstić information content (AvgIpc) is 3.07. The molecule has 0 aliphatic carbocycles. The standard InChI is InChI=1S/C10H11F2N5O2/c1-5-13-8(16-19-5)6-3-2-4-17(6)10-15-14-9(18-10)7(11)12/h6-7H,2-4H2,1H3. The highest BCUT2D eigenvalue weighted by molar-refractivity contribution is 5.31. The molecule has 2 aromatic heterocycles. The topological polar surface area (TPSA) is 81.1 Å². The summed E-state index contributed by atoms with van der Waals surface area (Å²) in [4.78, 5) is 5.88. The van der Waals surface area contributed by atoms with E-state index in [4.69, 9.17) is 8.94 Å². The molecule has 1 saturated heterocycles. The van der Waals surface area contributed by atoms with Crippen LogP contribution in [0.25, 0.3) is 0 Å². The van der Waals surface area contributed by atoms with Gasteiger partial charge in [-0.3, -0.25) is 0 Å². The van der Waals surface area contributed by atoms with Crippen molar-refractivity contribution in [2.45, 2.75) is 32.2 Å². The summed E-state index contributed by atoms with van der Waals surface area (Å²) < 4.78 is 34.8. The molecule has 0 aromatic carbocycles. The summed E-state index contributed by atoms with van der Waals surface area (Å²) in [6.45, 7) is 2.32. The van der Waals surface area contributed by atoms with Gasteiger partial charge in [-0.25, -0.2) is 0 Å². The molecule has 102 valence electrons. The van der Waals surface area contributed by atoms with E-state index in [9.17, 15) is 8.78 Å². The molecule has 1 atom stereocenters. The Kier molecular flexibility index (Phi) is 2.88. The van der Waals surface area contributed by atoms with E-state index in [1.165, 1.54) is 0 Å². The lowest BCUT2D eigenvalue weighted by Gasteiger charge is -2.18. The van der Waals surface area contributed by atoms with Crippen LogP contribution < -0.4 is 4.90 Å². The molecule has 1 aliphatic heterocycles. The van der Waals surface area contributed by atoms with Crippen LogP contribution in [0.4, 0.5) is 14.8 Å². The molecule has 19 heavy (non-hydrogen) atoms. The molecule has 1 aliphatic rings. The zero-order chi connectivity index (χ0) is 13.4. The van der Waals surface area contributed by atoms with Crippen molar-refractivity contribution in [1.82, 2.24) is 20.3 Å². The van der Waals surface area contributed by atoms with Gasteiger partial charge in [0.15, 0.2) is 5.82 Å². The van der Waals surface area contributed by atoms with Gasteiger partial charge in [0.05, 0.1) is 6.04 Å². The van der Waals surface area contributed by atoms with Crippen molar-refractivity contribution >= 4 is 6.01 Å². The zero-order valence-corrected chi connectivity index (χ0v) is 10.1. The van der Waals surface area contributed by atoms with Gasteiger partial charge in [-0.2, -0.15) is 13.8 Å². The lowest BCUT2D eigenvalue weighted by atomic mass is 10.2. The molecule has 9 heteroatoms. The van der Waals surface area contributed by atoms with Gasteiger partial charge in [0.2, 0.25) is 5.89 Å². The zero-order valence-electron chi connectivity index (χ0n) is 10.1. The Morgan fingerprint density at radius 2 is 2.21 bits per heavy atom. The summed E-state index contributed by atoms with van der Waals surface area (Å²) in [5, 5.41) is 10.8. The minimum atomic E-state index is -2.77. The van der Waals surface area contributed by atoms with Gasteiger partial charge in [0.25, 0.3) is 5.89 Å². The van der Waals surface area contributed by atoms with Crippen LogP contribution in [0.5, 0.6) is 0 Å². The molecule has 0 N–H and O–H groups in total. The molecule has 3 rings (SSSR count). The highest BCUT2D eigenvalue weighted by Crippen LogP contribution is 2.34. The van der Waals surface area contributed by atoms with E-state index in [-0.39, 0.29) is 12.1 Å². The summed E-state index contributed by atoms with van der Waals surface area (Å²) in [7, 11) is 0. The van der Waals surface area contributed by atoms with Gasteiger partial charge in [-0.1, -0.05) is 10.3 Å². The Morgan fingerprint density at radius 3 is 2.84 bits per heavy atom. The fourth-order valence-corrected chi connectivity index (χ4v) is 2.15. The highest BCUT2D eigenvalue weighted by Gasteiger charge is 2.33. The lowest BCUT2D eigenvalue weighted by molar-refractivity contribution is 0.115. The monoisotopic (exact) mass is 271 g/mol. The van der Waals surface area contributed by atoms with Crippen molar-refractivity contribution in [3.8, 4) is 0 Å². The van der Waals surface area contributed by atoms with Crippen molar-refractivity contribution in [2.24, 2.45) is 0 Å². The Bertz CT molecular complexity index is 570. The fourth-order valence-electron chi connectivity index (χ4n) is 2.15. The molecule has 3 heterocycles. The summed E-state index contributed by atoms with van der Waals surface area (Å²) in [6, 6.07) is -0.108. The van der Waals surface area contributed by atoms with Gasteiger partial charge in [0.1, 0.15) is 0 Å². The van der Waals surface area contributed by atoms with Gasteiger partial charge >= 0.3 is 12.4 Å². The first-order chi connectivity index (χ1) is 9.15. The maximum Gasteiger partial charge on any atom is 0.318 e. The van der Waals surface area contributed by atoms with Crippen molar-refractivity contribution in [3.05, 3.63) is 17.6 Å². The molecular formula is C10H11F2N5O2. The van der Waals surface area contributed by atoms with Gasteiger partial charge in [-0.05, 0) is 12.8 Å². The average molecular weight is 271 g/mol. The quantitative estimate of drug-likeness (QED) is 0.844. The number of hydrogen-bond donors (Lipinski definition) is 0. The third-order valence-electron chi connectivity index (χ3n) is 2.96. The number of nitrogens with zero attached hydrogens (tertiary/aromatic N) is 5. The molecule has 0 radical (unpaired) electrons. The molecule has 1 unspecified atom stereocenters. The van der Waals surface area contributed by atoms with E-state index in [0.717, 1.165) is 12.8 Å². The first-order valence-electron chi connectivity index (χ1n) is 5.83. The Balaban J connectivity index is 1.86. The summed E-state index contributed by atoms with van der Waals surface area (Å²) in [5.74, 6) is 0.289. The van der Waals surface area contributed by atoms with Gasteiger partial charge < -0.3 is 13.8 Å². The third-order valence-corrected chi connectivity index (χ3v) is 2.96. The molecule has 0 spiro atoms. The van der Waals surface area contributed by atoms with Crippen molar-refractivity contribution in [2.75, 3.05) is 11.4 Å². The molecule has 2 aromatic rings. The number of alkyl halides is 2. The lowest BCUT2D eigenvalue weighted by Crippen LogP contribution is -2.23. The van der Waals surface area contributed by atoms with Crippen molar-refractivity contribution in [3.63, 3.8) is 0 Å². The summed E-state index contributed by atoms with van der Waals surface area (Å²) in [5.41, 5.74) is 0. The normalized spacial score (nSPS) is 19.6. The van der Waals surface area contributed by atoms with Crippen LogP contribution in [0.3, 0.4) is 0 Å². The second-order valence-corrected chi connectivity index (χ2v) is 4.25. The van der Waals surface area contributed by atoms with Crippen LogP contribution in [0.1, 0.15) is 42.9 Å². The Hall–Kier alpha value is -2.06. The first-order valence-corrected chi connectivity index (χ1v) is 5.83. The molecule has 0 bridgehead atoms. The van der Waals surface area contributed by atoms with E-state index in [2.05, 4.69) is 20.3 Å².